The summed E-state index contributed by atoms with van der Waals surface area (Å²) in [6, 6.07) is 12.2. The molecule has 2 rings (SSSR count). The lowest BCUT2D eigenvalue weighted by atomic mass is 10.2. The fourth-order valence-corrected chi connectivity index (χ4v) is 1.85. The first-order valence-electron chi connectivity index (χ1n) is 5.95. The van der Waals surface area contributed by atoms with Crippen LogP contribution in [0.2, 0.25) is 0 Å². The molecule has 0 saturated heterocycles. The van der Waals surface area contributed by atoms with Gasteiger partial charge >= 0.3 is 0 Å². The van der Waals surface area contributed by atoms with Crippen molar-refractivity contribution in [1.82, 2.24) is 0 Å². The van der Waals surface area contributed by atoms with E-state index < -0.39 is 0 Å². The molecule has 19 heavy (non-hydrogen) atoms. The highest BCUT2D eigenvalue weighted by Gasteiger charge is 2.05. The third-order valence-electron chi connectivity index (χ3n) is 2.83. The van der Waals surface area contributed by atoms with E-state index in [4.69, 9.17) is 4.74 Å². The van der Waals surface area contributed by atoms with Crippen molar-refractivity contribution in [3.8, 4) is 11.5 Å². The predicted octanol–water partition coefficient (Wildman–Crippen LogP) is 2.24. The maximum absolute atomic E-state index is 11.3. The van der Waals surface area contributed by atoms with Crippen LogP contribution in [0.15, 0.2) is 42.5 Å². The third kappa shape index (κ3) is 3.19. The number of carbonyl (C=O) groups excluding carboxylic acids is 1. The van der Waals surface area contributed by atoms with E-state index >= 15 is 0 Å². The standard InChI is InChI=1S/C15H15NO3/c1-11-9-14(7-8-15(11)16(2)18)19-13-5-3-12(10-17)4-6-13/h3-10,16H,1-2H3. The average molecular weight is 257 g/mol. The van der Waals surface area contributed by atoms with E-state index in [1.165, 1.54) is 0 Å². The molecule has 2 aromatic rings. The van der Waals surface area contributed by atoms with Crippen LogP contribution in [0.1, 0.15) is 15.9 Å². The Hall–Kier alpha value is -2.17. The highest BCUT2D eigenvalue weighted by atomic mass is 16.5. The number of benzene rings is 2. The lowest BCUT2D eigenvalue weighted by Gasteiger charge is -2.18. The van der Waals surface area contributed by atoms with E-state index in [1.807, 2.05) is 13.0 Å². The maximum atomic E-state index is 11.3. The Bertz CT molecular complexity index is 576. The molecule has 2 aromatic carbocycles. The topological polar surface area (TPSA) is 53.8 Å². The number of aryl methyl sites for hydroxylation is 1. The van der Waals surface area contributed by atoms with Crippen LogP contribution in [-0.4, -0.2) is 13.3 Å². The molecule has 0 spiro atoms. The molecule has 0 saturated carbocycles. The quantitative estimate of drug-likeness (QED) is 0.675. The molecule has 1 N–H and O–H groups in total. The third-order valence-corrected chi connectivity index (χ3v) is 2.83. The van der Waals surface area contributed by atoms with Crippen molar-refractivity contribution in [3.63, 3.8) is 0 Å². The summed E-state index contributed by atoms with van der Waals surface area (Å²) in [7, 11) is 1.54. The van der Waals surface area contributed by atoms with Crippen molar-refractivity contribution in [2.75, 3.05) is 7.05 Å². The molecule has 0 unspecified atom stereocenters. The molecule has 0 bridgehead atoms. The number of hydrogen-bond donors (Lipinski definition) is 1. The number of aldehydes is 1. The van der Waals surface area contributed by atoms with Gasteiger partial charge in [-0.15, -0.1) is 0 Å². The van der Waals surface area contributed by atoms with Crippen molar-refractivity contribution in [2.45, 2.75) is 6.92 Å². The summed E-state index contributed by atoms with van der Waals surface area (Å²) < 4.78 is 5.67. The van der Waals surface area contributed by atoms with Gasteiger partial charge in [-0.25, -0.2) is 0 Å². The molecule has 4 heteroatoms. The highest BCUT2D eigenvalue weighted by Crippen LogP contribution is 2.24. The van der Waals surface area contributed by atoms with Crippen molar-refractivity contribution >= 4 is 12.0 Å². The van der Waals surface area contributed by atoms with E-state index in [2.05, 4.69) is 0 Å². The number of hydroxylamine groups is 1. The first kappa shape index (κ1) is 13.3. The summed E-state index contributed by atoms with van der Waals surface area (Å²) >= 11 is 0. The zero-order valence-electron chi connectivity index (χ0n) is 10.8. The van der Waals surface area contributed by atoms with Crippen LogP contribution in [0.5, 0.6) is 11.5 Å². The van der Waals surface area contributed by atoms with Crippen molar-refractivity contribution in [3.05, 3.63) is 58.8 Å². The maximum Gasteiger partial charge on any atom is 0.150 e. The summed E-state index contributed by atoms with van der Waals surface area (Å²) in [6.07, 6.45) is 0.787. The fourth-order valence-electron chi connectivity index (χ4n) is 1.85. The molecule has 4 nitrogen and oxygen atoms in total. The number of quaternary nitrogens is 1. The molecule has 0 heterocycles. The molecule has 1 atom stereocenters. The van der Waals surface area contributed by atoms with E-state index in [1.54, 1.807) is 43.4 Å². The molecule has 0 aliphatic heterocycles. The number of hydrogen-bond acceptors (Lipinski definition) is 3. The minimum absolute atomic E-state index is 0.0411. The van der Waals surface area contributed by atoms with Gasteiger partial charge in [0, 0.05) is 17.2 Å². The molecular formula is C15H15NO3. The van der Waals surface area contributed by atoms with E-state index in [0.29, 0.717) is 22.7 Å². The summed E-state index contributed by atoms with van der Waals surface area (Å²) in [5.74, 6) is 1.32. The van der Waals surface area contributed by atoms with Gasteiger partial charge in [-0.1, -0.05) is 0 Å². The van der Waals surface area contributed by atoms with Crippen LogP contribution in [0.4, 0.5) is 5.69 Å². The Morgan fingerprint density at radius 1 is 1.11 bits per heavy atom. The van der Waals surface area contributed by atoms with Gasteiger partial charge in [0.1, 0.15) is 23.5 Å². The zero-order valence-corrected chi connectivity index (χ0v) is 10.8. The lowest BCUT2D eigenvalue weighted by molar-refractivity contribution is -0.751. The number of ether oxygens (including phenoxy) is 1. The van der Waals surface area contributed by atoms with Crippen LogP contribution in [0.3, 0.4) is 0 Å². The van der Waals surface area contributed by atoms with Crippen molar-refractivity contribution in [2.24, 2.45) is 0 Å². The first-order valence-corrected chi connectivity index (χ1v) is 5.95. The Labute approximate surface area is 111 Å². The average Bonchev–Trinajstić information content (AvgIpc) is 2.39. The molecular weight excluding hydrogens is 242 g/mol. The van der Waals surface area contributed by atoms with Crippen LogP contribution < -0.4 is 9.80 Å². The summed E-state index contributed by atoms with van der Waals surface area (Å²) in [5.41, 5.74) is 2.19. The Morgan fingerprint density at radius 2 is 1.74 bits per heavy atom. The second-order valence-electron chi connectivity index (χ2n) is 4.32. The van der Waals surface area contributed by atoms with Crippen molar-refractivity contribution in [1.29, 1.82) is 0 Å². The van der Waals surface area contributed by atoms with Gasteiger partial charge in [-0.2, -0.15) is 0 Å². The Balaban J connectivity index is 2.18. The largest absolute Gasteiger partial charge is 0.629 e. The molecule has 0 aliphatic rings. The summed E-state index contributed by atoms with van der Waals surface area (Å²) in [6.45, 7) is 1.87. The second-order valence-corrected chi connectivity index (χ2v) is 4.32. The minimum atomic E-state index is 0.0411. The number of carbonyl (C=O) groups is 1. The van der Waals surface area contributed by atoms with Gasteiger partial charge in [-0.3, -0.25) is 4.79 Å². The minimum Gasteiger partial charge on any atom is -0.629 e. The normalized spacial score (nSPS) is 11.9. The van der Waals surface area contributed by atoms with Crippen molar-refractivity contribution < 1.29 is 14.6 Å². The fraction of sp³-hybridized carbons (Fsp3) is 0.133. The van der Waals surface area contributed by atoms with Crippen LogP contribution in [-0.2, 0) is 0 Å². The first-order chi connectivity index (χ1) is 9.10. The molecule has 0 aliphatic carbocycles. The van der Waals surface area contributed by atoms with Gasteiger partial charge in [-0.05, 0) is 43.3 Å². The van der Waals surface area contributed by atoms with E-state index in [9.17, 15) is 10.0 Å². The van der Waals surface area contributed by atoms with Crippen LogP contribution in [0.25, 0.3) is 0 Å². The predicted molar refractivity (Wildman–Crippen MR) is 73.0 cm³/mol. The van der Waals surface area contributed by atoms with E-state index in [0.717, 1.165) is 11.8 Å². The van der Waals surface area contributed by atoms with Gasteiger partial charge in [0.05, 0.1) is 7.05 Å². The molecule has 0 aromatic heterocycles. The summed E-state index contributed by atoms with van der Waals surface area (Å²) in [4.78, 5) is 10.5. The summed E-state index contributed by atoms with van der Waals surface area (Å²) in [5, 5.41) is 11.4. The number of nitrogens with one attached hydrogen (secondary N) is 1. The second kappa shape index (κ2) is 5.65. The number of rotatable bonds is 4. The monoisotopic (exact) mass is 257 g/mol. The highest BCUT2D eigenvalue weighted by molar-refractivity contribution is 5.74. The van der Waals surface area contributed by atoms with Gasteiger partial charge in [0.15, 0.2) is 0 Å². The molecule has 0 radical (unpaired) electrons. The van der Waals surface area contributed by atoms with E-state index in [-0.39, 0.29) is 5.06 Å². The van der Waals surface area contributed by atoms with Gasteiger partial charge in [0.2, 0.25) is 0 Å². The molecule has 0 fully saturated rings. The van der Waals surface area contributed by atoms with Crippen LogP contribution >= 0.6 is 0 Å². The zero-order chi connectivity index (χ0) is 13.8. The molecule has 0 amide bonds. The lowest BCUT2D eigenvalue weighted by Crippen LogP contribution is -2.98. The van der Waals surface area contributed by atoms with Gasteiger partial charge < -0.3 is 15.0 Å². The molecule has 98 valence electrons. The Kier molecular flexibility index (Phi) is 3.94. The van der Waals surface area contributed by atoms with Crippen LogP contribution in [0, 0.1) is 12.1 Å². The smallest absolute Gasteiger partial charge is 0.150 e. The van der Waals surface area contributed by atoms with Gasteiger partial charge in [0.25, 0.3) is 0 Å². The Morgan fingerprint density at radius 3 is 2.26 bits per heavy atom. The SMILES string of the molecule is Cc1cc(Oc2ccc(C=O)cc2)ccc1[N@H+](C)[O-].